The van der Waals surface area contributed by atoms with Crippen molar-refractivity contribution >= 4 is 0 Å². The first kappa shape index (κ1) is 15.0. The first-order valence-electron chi connectivity index (χ1n) is 8.13. The number of piperazine rings is 1. The zero-order valence-electron chi connectivity index (χ0n) is 12.7. The second-order valence-corrected chi connectivity index (χ2v) is 6.18. The van der Waals surface area contributed by atoms with Gasteiger partial charge in [-0.2, -0.15) is 0 Å². The van der Waals surface area contributed by atoms with Gasteiger partial charge >= 0.3 is 0 Å². The molecule has 0 aromatic rings. The quantitative estimate of drug-likeness (QED) is 0.562. The molecule has 2 fully saturated rings. The summed E-state index contributed by atoms with van der Waals surface area (Å²) in [7, 11) is 0. The average Bonchev–Trinajstić information content (AvgIpc) is 2.94. The number of nitrogens with one attached hydrogen (secondary N) is 1. The van der Waals surface area contributed by atoms with E-state index in [9.17, 15) is 0 Å². The van der Waals surface area contributed by atoms with Crippen LogP contribution in [0.2, 0.25) is 0 Å². The van der Waals surface area contributed by atoms with Gasteiger partial charge in [0.25, 0.3) is 0 Å². The fraction of sp³-hybridized carbons (Fsp3) is 0.875. The highest BCUT2D eigenvalue weighted by atomic mass is 15.3. The molecule has 0 atom stereocenters. The van der Waals surface area contributed by atoms with Gasteiger partial charge in [0.15, 0.2) is 0 Å². The Morgan fingerprint density at radius 1 is 1.16 bits per heavy atom. The van der Waals surface area contributed by atoms with Crippen molar-refractivity contribution in [2.45, 2.75) is 45.1 Å². The third-order valence-corrected chi connectivity index (χ3v) is 4.50. The molecule has 2 rings (SSSR count). The van der Waals surface area contributed by atoms with Gasteiger partial charge in [0.1, 0.15) is 0 Å². The van der Waals surface area contributed by atoms with E-state index in [1.54, 1.807) is 0 Å². The number of rotatable bonds is 7. The van der Waals surface area contributed by atoms with Gasteiger partial charge in [0, 0.05) is 45.3 Å². The Morgan fingerprint density at radius 2 is 1.84 bits per heavy atom. The summed E-state index contributed by atoms with van der Waals surface area (Å²) in [4.78, 5) is 5.29. The smallest absolute Gasteiger partial charge is 0.0203 e. The van der Waals surface area contributed by atoms with Crippen molar-refractivity contribution in [1.82, 2.24) is 15.1 Å². The maximum absolute atomic E-state index is 4.20. The zero-order valence-corrected chi connectivity index (χ0v) is 12.7. The van der Waals surface area contributed by atoms with E-state index in [1.165, 1.54) is 63.9 Å². The molecule has 1 saturated heterocycles. The molecule has 3 nitrogen and oxygen atoms in total. The van der Waals surface area contributed by atoms with E-state index in [4.69, 9.17) is 0 Å². The molecule has 1 N–H and O–H groups in total. The Balaban J connectivity index is 1.61. The summed E-state index contributed by atoms with van der Waals surface area (Å²) in [6, 6.07) is 0.900. The van der Waals surface area contributed by atoms with Crippen LogP contribution in [0, 0.1) is 0 Å². The second-order valence-electron chi connectivity index (χ2n) is 6.18. The van der Waals surface area contributed by atoms with Crippen molar-refractivity contribution in [3.63, 3.8) is 0 Å². The van der Waals surface area contributed by atoms with Crippen LogP contribution < -0.4 is 5.32 Å². The average molecular weight is 265 g/mol. The summed E-state index contributed by atoms with van der Waals surface area (Å²) in [5, 5.41) is 3.44. The Kier molecular flexibility index (Phi) is 6.35. The molecular formula is C16H31N3. The lowest BCUT2D eigenvalue weighted by atomic mass is 10.1. The third kappa shape index (κ3) is 4.90. The van der Waals surface area contributed by atoms with Crippen LogP contribution in [0.4, 0.5) is 0 Å². The molecule has 1 aliphatic heterocycles. The third-order valence-electron chi connectivity index (χ3n) is 4.50. The van der Waals surface area contributed by atoms with Crippen LogP contribution in [0.1, 0.15) is 39.0 Å². The van der Waals surface area contributed by atoms with Crippen molar-refractivity contribution in [3.05, 3.63) is 12.2 Å². The lowest BCUT2D eigenvalue weighted by Gasteiger charge is -2.38. The second kappa shape index (κ2) is 8.03. The summed E-state index contributed by atoms with van der Waals surface area (Å²) < 4.78 is 0. The first-order valence-corrected chi connectivity index (χ1v) is 8.13. The lowest BCUT2D eigenvalue weighted by molar-refractivity contribution is 0.103. The highest BCUT2D eigenvalue weighted by Crippen LogP contribution is 2.24. The molecule has 110 valence electrons. The van der Waals surface area contributed by atoms with E-state index < -0.39 is 0 Å². The topological polar surface area (TPSA) is 18.5 Å². The molecule has 2 aliphatic rings. The van der Waals surface area contributed by atoms with Crippen LogP contribution in [0.15, 0.2) is 12.2 Å². The molecule has 1 aliphatic carbocycles. The normalized spacial score (nSPS) is 23.0. The minimum Gasteiger partial charge on any atom is -0.313 e. The largest absolute Gasteiger partial charge is 0.313 e. The van der Waals surface area contributed by atoms with Gasteiger partial charge in [0.05, 0.1) is 0 Å². The van der Waals surface area contributed by atoms with E-state index in [0.717, 1.165) is 25.7 Å². The number of nitrogens with zero attached hydrogens (tertiary/aromatic N) is 2. The highest BCUT2D eigenvalue weighted by molar-refractivity contribution is 5.00. The van der Waals surface area contributed by atoms with Crippen molar-refractivity contribution in [1.29, 1.82) is 0 Å². The molecule has 0 aromatic heterocycles. The van der Waals surface area contributed by atoms with E-state index in [2.05, 4.69) is 28.6 Å². The van der Waals surface area contributed by atoms with Gasteiger partial charge in [-0.1, -0.05) is 26.3 Å². The summed E-state index contributed by atoms with van der Waals surface area (Å²) in [6.07, 6.45) is 6.98. The minimum atomic E-state index is 0.900. The van der Waals surface area contributed by atoms with E-state index in [-0.39, 0.29) is 0 Å². The monoisotopic (exact) mass is 265 g/mol. The molecule has 0 bridgehead atoms. The standard InChI is InChI=1S/C16H31N3/c1-3-8-17-13-15(2)14-18-9-11-19(12-10-18)16-6-4-5-7-16/h16-17H,2-14H2,1H3. The van der Waals surface area contributed by atoms with Crippen LogP contribution in [-0.4, -0.2) is 61.7 Å². The maximum Gasteiger partial charge on any atom is 0.0203 e. The molecule has 0 aromatic carbocycles. The molecule has 0 unspecified atom stereocenters. The van der Waals surface area contributed by atoms with Crippen molar-refractivity contribution < 1.29 is 0 Å². The van der Waals surface area contributed by atoms with Gasteiger partial charge in [-0.25, -0.2) is 0 Å². The Bertz CT molecular complexity index is 263. The molecule has 1 saturated carbocycles. The summed E-state index contributed by atoms with van der Waals surface area (Å²) in [5.41, 5.74) is 1.34. The number of hydrogen-bond acceptors (Lipinski definition) is 3. The Morgan fingerprint density at radius 3 is 2.47 bits per heavy atom. The predicted molar refractivity (Wildman–Crippen MR) is 82.6 cm³/mol. The Hall–Kier alpha value is -0.380. The number of hydrogen-bond donors (Lipinski definition) is 1. The summed E-state index contributed by atoms with van der Waals surface area (Å²) >= 11 is 0. The molecule has 3 heteroatoms. The molecule has 0 radical (unpaired) electrons. The van der Waals surface area contributed by atoms with Crippen LogP contribution in [-0.2, 0) is 0 Å². The van der Waals surface area contributed by atoms with Crippen LogP contribution in [0.3, 0.4) is 0 Å². The van der Waals surface area contributed by atoms with Gasteiger partial charge in [-0.05, 0) is 31.4 Å². The first-order chi connectivity index (χ1) is 9.29. The van der Waals surface area contributed by atoms with Gasteiger partial charge in [0.2, 0.25) is 0 Å². The fourth-order valence-corrected chi connectivity index (χ4v) is 3.37. The van der Waals surface area contributed by atoms with Gasteiger partial charge in [-0.3, -0.25) is 9.80 Å². The van der Waals surface area contributed by atoms with E-state index >= 15 is 0 Å². The Labute approximate surface area is 119 Å². The van der Waals surface area contributed by atoms with Gasteiger partial charge in [-0.15, -0.1) is 0 Å². The molecule has 0 spiro atoms. The lowest BCUT2D eigenvalue weighted by Crippen LogP contribution is -2.50. The highest BCUT2D eigenvalue weighted by Gasteiger charge is 2.25. The molecule has 0 amide bonds. The summed E-state index contributed by atoms with van der Waals surface area (Å²) in [6.45, 7) is 14.6. The minimum absolute atomic E-state index is 0.900. The molecule has 19 heavy (non-hydrogen) atoms. The van der Waals surface area contributed by atoms with E-state index in [0.29, 0.717) is 0 Å². The molecular weight excluding hydrogens is 234 g/mol. The van der Waals surface area contributed by atoms with Gasteiger partial charge < -0.3 is 5.32 Å². The van der Waals surface area contributed by atoms with Crippen LogP contribution in [0.25, 0.3) is 0 Å². The SMILES string of the molecule is C=C(CNCCC)CN1CCN(C2CCCC2)CC1. The fourth-order valence-electron chi connectivity index (χ4n) is 3.37. The maximum atomic E-state index is 4.20. The molecule has 1 heterocycles. The predicted octanol–water partition coefficient (Wildman–Crippen LogP) is 2.10. The van der Waals surface area contributed by atoms with Crippen LogP contribution >= 0.6 is 0 Å². The van der Waals surface area contributed by atoms with Crippen molar-refractivity contribution in [2.75, 3.05) is 45.8 Å². The van der Waals surface area contributed by atoms with Crippen molar-refractivity contribution in [2.24, 2.45) is 0 Å². The van der Waals surface area contributed by atoms with Crippen molar-refractivity contribution in [3.8, 4) is 0 Å². The zero-order chi connectivity index (χ0) is 13.5. The van der Waals surface area contributed by atoms with Crippen LogP contribution in [0.5, 0.6) is 0 Å². The van der Waals surface area contributed by atoms with E-state index in [1.807, 2.05) is 0 Å². The summed E-state index contributed by atoms with van der Waals surface area (Å²) in [5.74, 6) is 0.